The van der Waals surface area contributed by atoms with Gasteiger partial charge in [-0.2, -0.15) is 0 Å². The van der Waals surface area contributed by atoms with Crippen LogP contribution in [-0.2, 0) is 9.53 Å². The number of hydrogen-bond donors (Lipinski definition) is 2. The fraction of sp³-hybridized carbons (Fsp3) is 0.235. The van der Waals surface area contributed by atoms with Gasteiger partial charge in [-0.25, -0.2) is 0 Å². The van der Waals surface area contributed by atoms with E-state index in [4.69, 9.17) is 4.74 Å². The first-order valence-electron chi connectivity index (χ1n) is 7.06. The Bertz CT molecular complexity index is 714. The fourth-order valence-electron chi connectivity index (χ4n) is 2.72. The van der Waals surface area contributed by atoms with Gasteiger partial charge in [-0.15, -0.1) is 11.8 Å². The second kappa shape index (κ2) is 5.93. The molecule has 1 aliphatic rings. The summed E-state index contributed by atoms with van der Waals surface area (Å²) in [4.78, 5) is 13.4. The van der Waals surface area contributed by atoms with Crippen LogP contribution in [0.2, 0.25) is 0 Å². The van der Waals surface area contributed by atoms with Crippen LogP contribution in [0.3, 0.4) is 0 Å². The summed E-state index contributed by atoms with van der Waals surface area (Å²) in [6.45, 7) is 2.08. The quantitative estimate of drug-likeness (QED) is 0.669. The maximum atomic E-state index is 12.4. The number of hydrogen-bond acceptors (Lipinski definition) is 5. The maximum absolute atomic E-state index is 12.4. The number of rotatable bonds is 3. The summed E-state index contributed by atoms with van der Waals surface area (Å²) in [5.41, 5.74) is 1.44. The molecule has 0 bridgehead atoms. The lowest BCUT2D eigenvalue weighted by molar-refractivity contribution is -0.145. The molecule has 4 nitrogen and oxygen atoms in total. The lowest BCUT2D eigenvalue weighted by Crippen LogP contribution is -2.18. The summed E-state index contributed by atoms with van der Waals surface area (Å²) < 4.78 is 5.21. The van der Waals surface area contributed by atoms with Crippen LogP contribution in [0.25, 0.3) is 0 Å². The number of ether oxygens (including phenoxy) is 1. The van der Waals surface area contributed by atoms with Gasteiger partial charge in [0.1, 0.15) is 0 Å². The number of para-hydroxylation sites is 1. The van der Waals surface area contributed by atoms with E-state index in [0.29, 0.717) is 12.2 Å². The minimum Gasteiger partial charge on any atom is -0.504 e. The van der Waals surface area contributed by atoms with Crippen LogP contribution in [0.1, 0.15) is 29.2 Å². The van der Waals surface area contributed by atoms with Crippen molar-refractivity contribution in [1.82, 2.24) is 0 Å². The number of carbonyl (C=O) groups excluding carboxylic acids is 1. The Morgan fingerprint density at radius 2 is 1.86 bits per heavy atom. The summed E-state index contributed by atoms with van der Waals surface area (Å²) in [5, 5.41) is 19.6. The van der Waals surface area contributed by atoms with Gasteiger partial charge in [-0.05, 0) is 24.6 Å². The van der Waals surface area contributed by atoms with Crippen molar-refractivity contribution in [3.63, 3.8) is 0 Å². The molecular formula is C17H16O4S. The second-order valence-electron chi connectivity index (χ2n) is 5.02. The second-order valence-corrected chi connectivity index (χ2v) is 6.20. The molecule has 2 N–H and O–H groups in total. The normalized spacial score (nSPS) is 19.7. The average molecular weight is 316 g/mol. The maximum Gasteiger partial charge on any atom is 0.314 e. The molecule has 0 aromatic heterocycles. The van der Waals surface area contributed by atoms with Crippen LogP contribution in [0, 0.1) is 0 Å². The van der Waals surface area contributed by atoms with Crippen LogP contribution in [0.4, 0.5) is 0 Å². The zero-order valence-electron chi connectivity index (χ0n) is 12.0. The summed E-state index contributed by atoms with van der Waals surface area (Å²) in [6.07, 6.45) is 0. The third-order valence-corrected chi connectivity index (χ3v) is 5.11. The number of phenols is 2. The highest BCUT2D eigenvalue weighted by Crippen LogP contribution is 2.57. The van der Waals surface area contributed by atoms with E-state index in [1.165, 1.54) is 17.8 Å². The first kappa shape index (κ1) is 14.8. The monoisotopic (exact) mass is 316 g/mol. The third kappa shape index (κ3) is 2.41. The van der Waals surface area contributed by atoms with E-state index in [9.17, 15) is 15.0 Å². The van der Waals surface area contributed by atoms with Gasteiger partial charge < -0.3 is 14.9 Å². The lowest BCUT2D eigenvalue weighted by Gasteiger charge is -2.19. The molecule has 1 heterocycles. The molecule has 0 aliphatic carbocycles. The third-order valence-electron chi connectivity index (χ3n) is 3.70. The Morgan fingerprint density at radius 3 is 2.64 bits per heavy atom. The number of benzene rings is 2. The van der Waals surface area contributed by atoms with Gasteiger partial charge in [-0.3, -0.25) is 4.79 Å². The number of thioether (sulfide) groups is 1. The highest BCUT2D eigenvalue weighted by molar-refractivity contribution is 8.00. The molecule has 0 radical (unpaired) electrons. The van der Waals surface area contributed by atoms with E-state index in [-0.39, 0.29) is 22.7 Å². The average Bonchev–Trinajstić information content (AvgIpc) is 2.89. The van der Waals surface area contributed by atoms with Crippen molar-refractivity contribution in [2.24, 2.45) is 0 Å². The van der Waals surface area contributed by atoms with E-state index < -0.39 is 5.92 Å². The van der Waals surface area contributed by atoms with Crippen LogP contribution < -0.4 is 0 Å². The number of phenolic OH excluding ortho intramolecular Hbond substituents is 2. The van der Waals surface area contributed by atoms with Crippen molar-refractivity contribution in [1.29, 1.82) is 0 Å². The smallest absolute Gasteiger partial charge is 0.314 e. The van der Waals surface area contributed by atoms with Gasteiger partial charge >= 0.3 is 5.97 Å². The van der Waals surface area contributed by atoms with E-state index in [0.717, 1.165) is 10.5 Å². The van der Waals surface area contributed by atoms with Crippen molar-refractivity contribution in [2.45, 2.75) is 23.0 Å². The molecule has 0 saturated carbocycles. The zero-order chi connectivity index (χ0) is 15.7. The van der Waals surface area contributed by atoms with Gasteiger partial charge in [-0.1, -0.05) is 30.3 Å². The highest BCUT2D eigenvalue weighted by atomic mass is 32.2. The van der Waals surface area contributed by atoms with Gasteiger partial charge in [0.25, 0.3) is 0 Å². The Morgan fingerprint density at radius 1 is 1.14 bits per heavy atom. The molecule has 0 amide bonds. The molecule has 2 aromatic carbocycles. The van der Waals surface area contributed by atoms with Gasteiger partial charge in [0, 0.05) is 10.5 Å². The molecule has 2 atom stereocenters. The van der Waals surface area contributed by atoms with E-state index in [1.54, 1.807) is 19.1 Å². The van der Waals surface area contributed by atoms with Crippen LogP contribution in [0.5, 0.6) is 11.5 Å². The first-order valence-corrected chi connectivity index (χ1v) is 7.94. The molecule has 0 spiro atoms. The summed E-state index contributed by atoms with van der Waals surface area (Å²) in [5.74, 6) is -1.17. The van der Waals surface area contributed by atoms with E-state index in [2.05, 4.69) is 0 Å². The van der Waals surface area contributed by atoms with Gasteiger partial charge in [0.2, 0.25) is 0 Å². The standard InChI is InChI=1S/C17H16O4S/c1-2-21-17(20)14-10-6-3-4-9-13(10)22-16(14)11-7-5-8-12(18)15(11)19/h3-9,14,16,18-19H,2H2,1H3. The van der Waals surface area contributed by atoms with Crippen molar-refractivity contribution >= 4 is 17.7 Å². The molecule has 1 aliphatic heterocycles. The van der Waals surface area contributed by atoms with E-state index in [1.807, 2.05) is 24.3 Å². The lowest BCUT2D eigenvalue weighted by atomic mass is 9.91. The van der Waals surface area contributed by atoms with Crippen molar-refractivity contribution < 1.29 is 19.7 Å². The molecule has 3 rings (SSSR count). The van der Waals surface area contributed by atoms with Crippen molar-refractivity contribution in [2.75, 3.05) is 6.61 Å². The minimum atomic E-state index is -0.492. The number of aromatic hydroxyl groups is 2. The van der Waals surface area contributed by atoms with Crippen molar-refractivity contribution in [3.05, 3.63) is 53.6 Å². The Balaban J connectivity index is 2.07. The Kier molecular flexibility index (Phi) is 3.98. The van der Waals surface area contributed by atoms with Gasteiger partial charge in [0.05, 0.1) is 17.8 Å². The first-order chi connectivity index (χ1) is 10.6. The summed E-state index contributed by atoms with van der Waals surface area (Å²) in [6, 6.07) is 12.5. The predicted octanol–water partition coefficient (Wildman–Crippen LogP) is 3.59. The highest BCUT2D eigenvalue weighted by Gasteiger charge is 2.41. The Labute approximate surface area is 132 Å². The molecule has 2 aromatic rings. The Hall–Kier alpha value is -2.14. The number of esters is 1. The number of carbonyl (C=O) groups is 1. The van der Waals surface area contributed by atoms with Crippen LogP contribution >= 0.6 is 11.8 Å². The molecule has 114 valence electrons. The van der Waals surface area contributed by atoms with Gasteiger partial charge in [0.15, 0.2) is 11.5 Å². The predicted molar refractivity (Wildman–Crippen MR) is 84.2 cm³/mol. The van der Waals surface area contributed by atoms with Crippen molar-refractivity contribution in [3.8, 4) is 11.5 Å². The summed E-state index contributed by atoms with van der Waals surface area (Å²) in [7, 11) is 0. The van der Waals surface area contributed by atoms with E-state index >= 15 is 0 Å². The molecule has 5 heteroatoms. The largest absolute Gasteiger partial charge is 0.504 e. The molecular weight excluding hydrogens is 300 g/mol. The zero-order valence-corrected chi connectivity index (χ0v) is 12.8. The SMILES string of the molecule is CCOC(=O)C1c2ccccc2SC1c1cccc(O)c1O. The topological polar surface area (TPSA) is 66.8 Å². The number of fused-ring (bicyclic) bond motifs is 1. The van der Waals surface area contributed by atoms with Crippen LogP contribution in [-0.4, -0.2) is 22.8 Å². The minimum absolute atomic E-state index is 0.179. The molecule has 0 saturated heterocycles. The fourth-order valence-corrected chi connectivity index (χ4v) is 4.19. The molecule has 0 fully saturated rings. The summed E-state index contributed by atoms with van der Waals surface area (Å²) >= 11 is 1.50. The van der Waals surface area contributed by atoms with Crippen LogP contribution in [0.15, 0.2) is 47.4 Å². The molecule has 22 heavy (non-hydrogen) atoms. The molecule has 2 unspecified atom stereocenters.